The monoisotopic (exact) mass is 635 g/mol. The van der Waals surface area contributed by atoms with E-state index in [1.54, 1.807) is 31.2 Å². The summed E-state index contributed by atoms with van der Waals surface area (Å²) in [6.45, 7) is 4.98. The summed E-state index contributed by atoms with van der Waals surface area (Å²) in [6.07, 6.45) is 3.86. The van der Waals surface area contributed by atoms with Crippen LogP contribution in [-0.4, -0.2) is 63.3 Å². The number of fused-ring (bicyclic) bond motifs is 2. The van der Waals surface area contributed by atoms with E-state index in [9.17, 15) is 9.90 Å². The van der Waals surface area contributed by atoms with Crippen molar-refractivity contribution in [2.24, 2.45) is 0 Å². The fraction of sp³-hybridized carbons (Fsp3) is 0.382. The van der Waals surface area contributed by atoms with Gasteiger partial charge in [0.15, 0.2) is 16.9 Å². The van der Waals surface area contributed by atoms with Gasteiger partial charge in [-0.05, 0) is 93.2 Å². The first-order valence-corrected chi connectivity index (χ1v) is 15.4. The number of rotatable bonds is 8. The zero-order chi connectivity index (χ0) is 33.8. The van der Waals surface area contributed by atoms with Crippen LogP contribution in [0.15, 0.2) is 54.6 Å². The van der Waals surface area contributed by atoms with E-state index in [1.807, 2.05) is 16.7 Å². The molecule has 3 aliphatic heterocycles. The molecule has 234 valence electrons. The molecule has 2 saturated heterocycles. The predicted octanol–water partition coefficient (Wildman–Crippen LogP) is 6.58. The quantitative estimate of drug-likeness (QED) is 0.232. The molecule has 0 bridgehead atoms. The summed E-state index contributed by atoms with van der Waals surface area (Å²) in [7, 11) is -2.74. The van der Waals surface area contributed by atoms with E-state index in [0.717, 1.165) is 43.7 Å². The Morgan fingerprint density at radius 3 is 2.76 bits per heavy atom. The molecule has 2 aromatic heterocycles. The first kappa shape index (κ1) is 26.2. The number of hydrogen-bond acceptors (Lipinski definition) is 7. The van der Waals surface area contributed by atoms with E-state index in [0.29, 0.717) is 47.7 Å². The van der Waals surface area contributed by atoms with Gasteiger partial charge in [-0.15, -0.1) is 0 Å². The lowest BCUT2D eigenvalue weighted by Gasteiger charge is -2.37. The van der Waals surface area contributed by atoms with Crippen molar-refractivity contribution in [1.82, 2.24) is 19.4 Å². The van der Waals surface area contributed by atoms with Crippen LogP contribution in [0.25, 0.3) is 17.0 Å². The van der Waals surface area contributed by atoms with E-state index in [4.69, 9.17) is 34.9 Å². The van der Waals surface area contributed by atoms with Crippen molar-refractivity contribution < 1.29 is 32.6 Å². The molecular weight excluding hydrogens is 599 g/mol. The topological polar surface area (TPSA) is 98.9 Å². The summed E-state index contributed by atoms with van der Waals surface area (Å²) in [5.41, 5.74) is 1.36. The van der Waals surface area contributed by atoms with Crippen LogP contribution >= 0.6 is 11.6 Å². The normalized spacial score (nSPS) is 23.2. The second-order valence-electron chi connectivity index (χ2n) is 12.0. The van der Waals surface area contributed by atoms with Crippen molar-refractivity contribution in [3.8, 4) is 11.5 Å². The number of carboxylic acid groups (broad SMARTS) is 1. The van der Waals surface area contributed by atoms with Gasteiger partial charge in [-0.25, -0.2) is 19.2 Å². The van der Waals surface area contributed by atoms with Gasteiger partial charge in [-0.2, -0.15) is 0 Å². The number of aromatic nitrogens is 3. The third-order valence-corrected chi connectivity index (χ3v) is 9.30. The number of piperidine rings is 1. The highest BCUT2D eigenvalue weighted by Crippen LogP contribution is 2.48. The van der Waals surface area contributed by atoms with Gasteiger partial charge in [0.25, 0.3) is 0 Å². The minimum absolute atomic E-state index is 0.00688. The first-order chi connectivity index (χ1) is 22.9. The smallest absolute Gasteiger partial charge is 0.354 e. The van der Waals surface area contributed by atoms with E-state index in [-0.39, 0.29) is 28.5 Å². The van der Waals surface area contributed by atoms with Crippen LogP contribution in [0.1, 0.15) is 69.2 Å². The average molecular weight is 636 g/mol. The summed E-state index contributed by atoms with van der Waals surface area (Å²) in [5, 5.41) is 9.79. The van der Waals surface area contributed by atoms with Crippen molar-refractivity contribution in [1.29, 1.82) is 0 Å². The molecule has 0 saturated carbocycles. The molecule has 0 amide bonds. The lowest BCUT2D eigenvalue weighted by atomic mass is 9.85. The van der Waals surface area contributed by atoms with Crippen molar-refractivity contribution >= 4 is 34.6 Å². The average Bonchev–Trinajstić information content (AvgIpc) is 3.34. The van der Waals surface area contributed by atoms with E-state index in [2.05, 4.69) is 9.88 Å². The Bertz CT molecular complexity index is 1920. The molecule has 0 radical (unpaired) electrons. The van der Waals surface area contributed by atoms with Crippen LogP contribution in [0, 0.1) is 0 Å². The number of hydrogen-bond donors (Lipinski definition) is 1. The third-order valence-electron chi connectivity index (χ3n) is 9.07. The highest BCUT2D eigenvalue weighted by atomic mass is 35.5. The van der Waals surface area contributed by atoms with Gasteiger partial charge < -0.3 is 23.9 Å². The fourth-order valence-electron chi connectivity index (χ4n) is 6.58. The second-order valence-corrected chi connectivity index (χ2v) is 12.4. The van der Waals surface area contributed by atoms with E-state index < -0.39 is 24.4 Å². The number of nitrogens with zero attached hydrogens (tertiary/aromatic N) is 4. The van der Waals surface area contributed by atoms with Crippen LogP contribution in [-0.2, 0) is 23.4 Å². The summed E-state index contributed by atoms with van der Waals surface area (Å²) in [5.74, 6) is -0.259. The molecule has 1 N–H and O–H groups in total. The number of benzene rings is 2. The molecule has 0 spiro atoms. The number of imidazole rings is 1. The minimum atomic E-state index is -2.74. The number of carbonyl (C=O) groups is 1. The molecular formula is C34H34ClFN4O5. The lowest BCUT2D eigenvalue weighted by Crippen LogP contribution is -2.36. The molecule has 7 rings (SSSR count). The standard InChI is InChI=1S/C34H34ClFN4O5/c1-34(25-7-6-21(35)16-29(25)43-2)17-26(36)24-5-3-4-23(31(24)45-34)20-10-13-39(14-11-20)19-30-37-27-8-9-28(33(41)42)38-32(27)40(30)18-22-12-15-44-22/h3-9,16-17,20,22H,10-15,18-19H2,1-2H3,(H,41,42)/t22-,34+/m0/s1/i2D3. The van der Waals surface area contributed by atoms with Crippen LogP contribution in [0.5, 0.6) is 11.5 Å². The van der Waals surface area contributed by atoms with Crippen molar-refractivity contribution in [3.05, 3.63) is 87.8 Å². The maximum atomic E-state index is 15.8. The number of halogens is 2. The van der Waals surface area contributed by atoms with Crippen molar-refractivity contribution in [2.75, 3.05) is 26.7 Å². The number of ether oxygens (including phenoxy) is 3. The second kappa shape index (κ2) is 11.7. The molecule has 5 heterocycles. The Morgan fingerprint density at radius 2 is 2.02 bits per heavy atom. The molecule has 9 nitrogen and oxygen atoms in total. The Morgan fingerprint density at radius 1 is 1.20 bits per heavy atom. The summed E-state index contributed by atoms with van der Waals surface area (Å²) >= 11 is 6.17. The van der Waals surface area contributed by atoms with Crippen LogP contribution in [0.2, 0.25) is 5.02 Å². The lowest BCUT2D eigenvalue weighted by molar-refractivity contribution is -0.0593. The van der Waals surface area contributed by atoms with Crippen LogP contribution in [0.4, 0.5) is 4.39 Å². The Labute approximate surface area is 269 Å². The highest BCUT2D eigenvalue weighted by Gasteiger charge is 2.38. The first-order valence-electron chi connectivity index (χ1n) is 16.5. The molecule has 0 unspecified atom stereocenters. The van der Waals surface area contributed by atoms with Crippen LogP contribution < -0.4 is 9.47 Å². The van der Waals surface area contributed by atoms with Gasteiger partial charge in [0, 0.05) is 17.2 Å². The number of pyridine rings is 1. The number of aromatic carboxylic acids is 1. The third kappa shape index (κ3) is 5.55. The Balaban J connectivity index is 1.12. The number of likely N-dealkylation sites (tertiary alicyclic amines) is 1. The van der Waals surface area contributed by atoms with Gasteiger partial charge in [0.2, 0.25) is 0 Å². The number of carboxylic acids is 1. The van der Waals surface area contributed by atoms with Gasteiger partial charge >= 0.3 is 5.97 Å². The summed E-state index contributed by atoms with van der Waals surface area (Å²) in [4.78, 5) is 23.2. The fourth-order valence-corrected chi connectivity index (χ4v) is 6.74. The van der Waals surface area contributed by atoms with Crippen molar-refractivity contribution in [2.45, 2.75) is 56.9 Å². The molecule has 2 aromatic carbocycles. The van der Waals surface area contributed by atoms with E-state index in [1.165, 1.54) is 18.2 Å². The molecule has 2 fully saturated rings. The molecule has 2 atom stereocenters. The van der Waals surface area contributed by atoms with Crippen molar-refractivity contribution in [3.63, 3.8) is 0 Å². The minimum Gasteiger partial charge on any atom is -0.496 e. The summed E-state index contributed by atoms with van der Waals surface area (Å²) < 4.78 is 58.2. The zero-order valence-corrected chi connectivity index (χ0v) is 25.4. The largest absolute Gasteiger partial charge is 0.496 e. The van der Waals surface area contributed by atoms with Crippen LogP contribution in [0.3, 0.4) is 0 Å². The molecule has 4 aromatic rings. The molecule has 11 heteroatoms. The molecule has 3 aliphatic rings. The van der Waals surface area contributed by atoms with Gasteiger partial charge in [-0.3, -0.25) is 4.90 Å². The maximum Gasteiger partial charge on any atom is 0.354 e. The number of methoxy groups -OCH3 is 1. The number of para-hydroxylation sites is 1. The predicted molar refractivity (Wildman–Crippen MR) is 168 cm³/mol. The Kier molecular flexibility index (Phi) is 6.85. The van der Waals surface area contributed by atoms with Gasteiger partial charge in [-0.1, -0.05) is 23.7 Å². The maximum absolute atomic E-state index is 15.8. The SMILES string of the molecule is [2H]C([2H])([2H])Oc1cc(Cl)ccc1[C@@]1(C)C=C(F)c2cccc(C3CCN(Cc4nc5ccc(C(=O)O)nc5n4C[C@@H]4CCO4)CC3)c2O1. The molecule has 45 heavy (non-hydrogen) atoms. The zero-order valence-electron chi connectivity index (χ0n) is 27.6. The Hall–Kier alpha value is -3.99. The van der Waals surface area contributed by atoms with E-state index >= 15 is 4.39 Å². The van der Waals surface area contributed by atoms with Gasteiger partial charge in [0.05, 0.1) is 35.9 Å². The highest BCUT2D eigenvalue weighted by molar-refractivity contribution is 6.30. The molecule has 0 aliphatic carbocycles. The van der Waals surface area contributed by atoms with Gasteiger partial charge in [0.1, 0.15) is 28.7 Å². The summed E-state index contributed by atoms with van der Waals surface area (Å²) in [6, 6.07) is 13.2.